The predicted octanol–water partition coefficient (Wildman–Crippen LogP) is 2.24. The molecule has 5 heteroatoms. The average molecular weight is 330 g/mol. The Morgan fingerprint density at radius 2 is 2.12 bits per heavy atom. The molecule has 0 saturated heterocycles. The van der Waals surface area contributed by atoms with Crippen molar-refractivity contribution in [1.82, 2.24) is 5.32 Å². The van der Waals surface area contributed by atoms with Gasteiger partial charge in [-0.05, 0) is 49.7 Å². The van der Waals surface area contributed by atoms with E-state index in [0.717, 1.165) is 36.9 Å². The summed E-state index contributed by atoms with van der Waals surface area (Å²) in [5.74, 6) is 0.253. The first kappa shape index (κ1) is 17.0. The number of aliphatic hydroxyl groups is 1. The number of anilines is 1. The molecule has 1 aromatic carbocycles. The number of hydrogen-bond donors (Lipinski definition) is 3. The van der Waals surface area contributed by atoms with Crippen molar-refractivity contribution in [3.63, 3.8) is 0 Å². The quantitative estimate of drug-likeness (QED) is 0.775. The highest BCUT2D eigenvalue weighted by Gasteiger charge is 2.26. The highest BCUT2D eigenvalue weighted by Crippen LogP contribution is 2.27. The van der Waals surface area contributed by atoms with Crippen LogP contribution in [0.1, 0.15) is 44.1 Å². The van der Waals surface area contributed by atoms with Gasteiger partial charge in [0, 0.05) is 24.6 Å². The van der Waals surface area contributed by atoms with Gasteiger partial charge in [-0.15, -0.1) is 0 Å². The second kappa shape index (κ2) is 7.79. The van der Waals surface area contributed by atoms with E-state index in [-0.39, 0.29) is 23.8 Å². The fourth-order valence-corrected chi connectivity index (χ4v) is 3.75. The van der Waals surface area contributed by atoms with Crippen LogP contribution >= 0.6 is 0 Å². The van der Waals surface area contributed by atoms with Crippen LogP contribution in [0.15, 0.2) is 24.3 Å². The van der Waals surface area contributed by atoms with Gasteiger partial charge >= 0.3 is 0 Å². The van der Waals surface area contributed by atoms with Crippen LogP contribution in [-0.2, 0) is 16.0 Å². The SMILES string of the molecule is O=C(CCC1Cc2ccccc2NC1=O)NCC1CCCC(O)C1. The van der Waals surface area contributed by atoms with E-state index in [2.05, 4.69) is 10.6 Å². The van der Waals surface area contributed by atoms with E-state index in [1.807, 2.05) is 24.3 Å². The molecule has 1 aliphatic heterocycles. The fourth-order valence-electron chi connectivity index (χ4n) is 3.75. The van der Waals surface area contributed by atoms with Crippen LogP contribution in [0.25, 0.3) is 0 Å². The molecule has 3 unspecified atom stereocenters. The van der Waals surface area contributed by atoms with Crippen molar-refractivity contribution in [3.8, 4) is 0 Å². The summed E-state index contributed by atoms with van der Waals surface area (Å²) >= 11 is 0. The van der Waals surface area contributed by atoms with Gasteiger partial charge < -0.3 is 15.7 Å². The minimum atomic E-state index is -0.216. The maximum absolute atomic E-state index is 12.1. The normalized spacial score (nSPS) is 26.4. The van der Waals surface area contributed by atoms with Gasteiger partial charge in [0.25, 0.3) is 0 Å². The lowest BCUT2D eigenvalue weighted by molar-refractivity contribution is -0.123. The van der Waals surface area contributed by atoms with E-state index in [4.69, 9.17) is 0 Å². The Morgan fingerprint density at radius 3 is 2.96 bits per heavy atom. The monoisotopic (exact) mass is 330 g/mol. The molecule has 2 amide bonds. The predicted molar refractivity (Wildman–Crippen MR) is 92.5 cm³/mol. The number of carbonyl (C=O) groups is 2. The standard InChI is InChI=1S/C19H26N2O3/c22-16-6-3-4-13(10-16)12-20-18(23)9-8-15-11-14-5-1-2-7-17(14)21-19(15)24/h1-2,5,7,13,15-16,22H,3-4,6,8-12H2,(H,20,23)(H,21,24). The Labute approximate surface area is 142 Å². The molecule has 0 aromatic heterocycles. The first-order valence-corrected chi connectivity index (χ1v) is 8.95. The summed E-state index contributed by atoms with van der Waals surface area (Å²) in [5, 5.41) is 15.6. The summed E-state index contributed by atoms with van der Waals surface area (Å²) in [4.78, 5) is 24.2. The van der Waals surface area contributed by atoms with Crippen LogP contribution in [0.3, 0.4) is 0 Å². The zero-order valence-electron chi connectivity index (χ0n) is 14.0. The van der Waals surface area contributed by atoms with Gasteiger partial charge in [-0.25, -0.2) is 0 Å². The van der Waals surface area contributed by atoms with Gasteiger partial charge in [0.2, 0.25) is 11.8 Å². The minimum absolute atomic E-state index is 0.00159. The molecule has 5 nitrogen and oxygen atoms in total. The third-order valence-electron chi connectivity index (χ3n) is 5.18. The van der Waals surface area contributed by atoms with Crippen LogP contribution in [0.4, 0.5) is 5.69 Å². The molecular formula is C19H26N2O3. The van der Waals surface area contributed by atoms with Crippen molar-refractivity contribution in [2.75, 3.05) is 11.9 Å². The summed E-state index contributed by atoms with van der Waals surface area (Å²) in [5.41, 5.74) is 2.03. The van der Waals surface area contributed by atoms with Crippen LogP contribution in [0.2, 0.25) is 0 Å². The average Bonchev–Trinajstić information content (AvgIpc) is 2.58. The van der Waals surface area contributed by atoms with Gasteiger partial charge in [0.05, 0.1) is 6.10 Å². The third kappa shape index (κ3) is 4.35. The highest BCUT2D eigenvalue weighted by molar-refractivity contribution is 5.96. The maximum Gasteiger partial charge on any atom is 0.227 e. The van der Waals surface area contributed by atoms with Crippen molar-refractivity contribution >= 4 is 17.5 Å². The van der Waals surface area contributed by atoms with Crippen molar-refractivity contribution in [1.29, 1.82) is 0 Å². The number of amides is 2. The molecule has 130 valence electrons. The maximum atomic E-state index is 12.1. The molecule has 3 N–H and O–H groups in total. The summed E-state index contributed by atoms with van der Waals surface area (Å²) < 4.78 is 0. The Bertz CT molecular complexity index is 602. The van der Waals surface area contributed by atoms with E-state index in [9.17, 15) is 14.7 Å². The number of aliphatic hydroxyl groups excluding tert-OH is 1. The van der Waals surface area contributed by atoms with Gasteiger partial charge in [-0.2, -0.15) is 0 Å². The summed E-state index contributed by atoms with van der Waals surface area (Å²) in [7, 11) is 0. The number of carbonyl (C=O) groups excluding carboxylic acids is 2. The fraction of sp³-hybridized carbons (Fsp3) is 0.579. The second-order valence-corrected chi connectivity index (χ2v) is 7.08. The Morgan fingerprint density at radius 1 is 1.29 bits per heavy atom. The molecular weight excluding hydrogens is 304 g/mol. The molecule has 3 atom stereocenters. The molecule has 1 aromatic rings. The molecule has 0 spiro atoms. The third-order valence-corrected chi connectivity index (χ3v) is 5.18. The minimum Gasteiger partial charge on any atom is -0.393 e. The van der Waals surface area contributed by atoms with E-state index in [1.54, 1.807) is 0 Å². The van der Waals surface area contributed by atoms with Gasteiger partial charge in [0.15, 0.2) is 0 Å². The van der Waals surface area contributed by atoms with Crippen molar-refractivity contribution < 1.29 is 14.7 Å². The van der Waals surface area contributed by atoms with Crippen molar-refractivity contribution in [3.05, 3.63) is 29.8 Å². The molecule has 0 radical (unpaired) electrons. The molecule has 1 fully saturated rings. The summed E-state index contributed by atoms with van der Waals surface area (Å²) in [6.45, 7) is 0.635. The number of rotatable bonds is 5. The number of fused-ring (bicyclic) bond motifs is 1. The van der Waals surface area contributed by atoms with Crippen LogP contribution in [-0.4, -0.2) is 29.6 Å². The van der Waals surface area contributed by atoms with Crippen LogP contribution in [0, 0.1) is 11.8 Å². The zero-order valence-corrected chi connectivity index (χ0v) is 14.0. The number of benzene rings is 1. The van der Waals surface area contributed by atoms with Gasteiger partial charge in [-0.3, -0.25) is 9.59 Å². The Kier molecular flexibility index (Phi) is 5.51. The van der Waals surface area contributed by atoms with E-state index < -0.39 is 0 Å². The molecule has 3 rings (SSSR count). The Balaban J connectivity index is 1.42. The Hall–Kier alpha value is -1.88. The molecule has 1 aliphatic carbocycles. The van der Waals surface area contributed by atoms with E-state index in [1.165, 1.54) is 0 Å². The van der Waals surface area contributed by atoms with E-state index in [0.29, 0.717) is 31.7 Å². The molecule has 0 bridgehead atoms. The summed E-state index contributed by atoms with van der Waals surface area (Å²) in [6, 6.07) is 7.82. The lowest BCUT2D eigenvalue weighted by atomic mass is 9.87. The lowest BCUT2D eigenvalue weighted by Crippen LogP contribution is -2.34. The number of nitrogens with one attached hydrogen (secondary N) is 2. The molecule has 2 aliphatic rings. The highest BCUT2D eigenvalue weighted by atomic mass is 16.3. The van der Waals surface area contributed by atoms with Gasteiger partial charge in [0.1, 0.15) is 0 Å². The van der Waals surface area contributed by atoms with Crippen LogP contribution in [0.5, 0.6) is 0 Å². The summed E-state index contributed by atoms with van der Waals surface area (Å²) in [6.07, 6.45) is 5.18. The zero-order chi connectivity index (χ0) is 16.9. The number of para-hydroxylation sites is 1. The van der Waals surface area contributed by atoms with E-state index >= 15 is 0 Å². The number of hydrogen-bond acceptors (Lipinski definition) is 3. The lowest BCUT2D eigenvalue weighted by Gasteiger charge is -2.26. The first-order valence-electron chi connectivity index (χ1n) is 8.95. The first-order chi connectivity index (χ1) is 11.6. The van der Waals surface area contributed by atoms with Crippen molar-refractivity contribution in [2.45, 2.75) is 51.0 Å². The van der Waals surface area contributed by atoms with Crippen LogP contribution < -0.4 is 10.6 Å². The molecule has 1 heterocycles. The molecule has 24 heavy (non-hydrogen) atoms. The van der Waals surface area contributed by atoms with Crippen molar-refractivity contribution in [2.24, 2.45) is 11.8 Å². The molecule has 1 saturated carbocycles. The largest absolute Gasteiger partial charge is 0.393 e. The van der Waals surface area contributed by atoms with Gasteiger partial charge in [-0.1, -0.05) is 24.6 Å². The topological polar surface area (TPSA) is 78.4 Å². The smallest absolute Gasteiger partial charge is 0.227 e. The second-order valence-electron chi connectivity index (χ2n) is 7.08.